The molecule has 144 valence electrons. The summed E-state index contributed by atoms with van der Waals surface area (Å²) in [5, 5.41) is 13.6. The first-order chi connectivity index (χ1) is 12.6. The highest BCUT2D eigenvalue weighted by Crippen LogP contribution is 2.36. The molecule has 0 saturated heterocycles. The van der Waals surface area contributed by atoms with Crippen molar-refractivity contribution in [2.45, 2.75) is 50.9 Å². The van der Waals surface area contributed by atoms with Crippen LogP contribution in [0.5, 0.6) is 0 Å². The monoisotopic (exact) mass is 380 g/mol. The zero-order chi connectivity index (χ0) is 20.1. The minimum Gasteiger partial charge on any atom is -0.549 e. The molecule has 2 nitrogen and oxygen atoms in total. The van der Waals surface area contributed by atoms with Crippen LogP contribution in [0.25, 0.3) is 10.8 Å². The van der Waals surface area contributed by atoms with E-state index in [9.17, 15) is 5.11 Å². The van der Waals surface area contributed by atoms with Crippen molar-refractivity contribution in [3.8, 4) is 0 Å². The Labute approximate surface area is 165 Å². The van der Waals surface area contributed by atoms with E-state index in [4.69, 9.17) is 4.43 Å². The zero-order valence-electron chi connectivity index (χ0n) is 17.2. The number of benzene rings is 2. The Kier molecular flexibility index (Phi) is 6.50. The van der Waals surface area contributed by atoms with Gasteiger partial charge < -0.3 is 9.53 Å². The van der Waals surface area contributed by atoms with Crippen LogP contribution in [0.2, 0.25) is 18.1 Å². The third-order valence-corrected chi connectivity index (χ3v) is 9.77. The van der Waals surface area contributed by atoms with E-state index in [0.29, 0.717) is 6.42 Å². The molecule has 0 fully saturated rings. The first-order valence-corrected chi connectivity index (χ1v) is 12.3. The van der Waals surface area contributed by atoms with Gasteiger partial charge in [-0.2, -0.15) is 0 Å². The normalized spacial score (nSPS) is 15.3. The maximum absolute atomic E-state index is 11.2. The second-order valence-corrected chi connectivity index (χ2v) is 13.3. The SMILES string of the molecule is C=CC[C@@](O)(/C=C/C=C/O[Si](C)(C)C(C)(C)C)c1ccc2ccccc2c1. The molecule has 0 aromatic heterocycles. The lowest BCUT2D eigenvalue weighted by molar-refractivity contribution is 0.0931. The van der Waals surface area contributed by atoms with Crippen molar-refractivity contribution < 1.29 is 9.53 Å². The Morgan fingerprint density at radius 1 is 1.04 bits per heavy atom. The molecule has 0 heterocycles. The largest absolute Gasteiger partial charge is 0.549 e. The van der Waals surface area contributed by atoms with Crippen molar-refractivity contribution in [2.24, 2.45) is 0 Å². The quantitative estimate of drug-likeness (QED) is 0.251. The predicted molar refractivity (Wildman–Crippen MR) is 119 cm³/mol. The van der Waals surface area contributed by atoms with Gasteiger partial charge in [-0.05, 0) is 52.7 Å². The molecule has 2 aromatic rings. The summed E-state index contributed by atoms with van der Waals surface area (Å²) in [4.78, 5) is 0. The molecule has 2 rings (SSSR count). The molecule has 0 amide bonds. The van der Waals surface area contributed by atoms with Crippen molar-refractivity contribution >= 4 is 19.1 Å². The van der Waals surface area contributed by atoms with E-state index >= 15 is 0 Å². The van der Waals surface area contributed by atoms with E-state index in [0.717, 1.165) is 16.3 Å². The fourth-order valence-corrected chi connectivity index (χ4v) is 3.38. The number of allylic oxidation sites excluding steroid dienone is 2. The molecule has 0 unspecified atom stereocenters. The molecular weight excluding hydrogens is 348 g/mol. The molecule has 27 heavy (non-hydrogen) atoms. The standard InChI is InChI=1S/C24H32O2Si/c1-7-16-24(25,17-10-11-18-26-27(5,6)23(2,3)4)22-15-14-20-12-8-9-13-21(20)19-22/h7-15,17-19,25H,1,16H2,2-6H3/b17-10+,18-11+/t24-/m1/s1. The van der Waals surface area contributed by atoms with Crippen molar-refractivity contribution in [3.05, 3.63) is 85.2 Å². The predicted octanol–water partition coefficient (Wildman–Crippen LogP) is 6.70. The summed E-state index contributed by atoms with van der Waals surface area (Å²) in [6, 6.07) is 14.2. The third-order valence-electron chi connectivity index (χ3n) is 5.44. The zero-order valence-corrected chi connectivity index (χ0v) is 18.2. The van der Waals surface area contributed by atoms with Crippen LogP contribution in [0, 0.1) is 0 Å². The van der Waals surface area contributed by atoms with Crippen molar-refractivity contribution in [1.29, 1.82) is 0 Å². The summed E-state index contributed by atoms with van der Waals surface area (Å²) in [6.07, 6.45) is 9.46. The average molecular weight is 381 g/mol. The molecule has 0 radical (unpaired) electrons. The Morgan fingerprint density at radius 3 is 2.33 bits per heavy atom. The van der Waals surface area contributed by atoms with Gasteiger partial charge >= 0.3 is 0 Å². The Balaban J connectivity index is 2.21. The lowest BCUT2D eigenvalue weighted by Gasteiger charge is -2.34. The van der Waals surface area contributed by atoms with Crippen molar-refractivity contribution in [3.63, 3.8) is 0 Å². The van der Waals surface area contributed by atoms with Crippen molar-refractivity contribution in [2.75, 3.05) is 0 Å². The van der Waals surface area contributed by atoms with Crippen LogP contribution < -0.4 is 0 Å². The average Bonchev–Trinajstić information content (AvgIpc) is 2.60. The lowest BCUT2D eigenvalue weighted by Crippen LogP contribution is -2.39. The summed E-state index contributed by atoms with van der Waals surface area (Å²) in [5.41, 5.74) is -0.233. The summed E-state index contributed by atoms with van der Waals surface area (Å²) in [7, 11) is -1.81. The van der Waals surface area contributed by atoms with E-state index in [1.165, 1.54) is 0 Å². The van der Waals surface area contributed by atoms with E-state index < -0.39 is 13.9 Å². The van der Waals surface area contributed by atoms with E-state index in [-0.39, 0.29) is 5.04 Å². The molecule has 0 bridgehead atoms. The minimum atomic E-state index is -1.81. The summed E-state index contributed by atoms with van der Waals surface area (Å²) >= 11 is 0. The first-order valence-electron chi connectivity index (χ1n) is 9.44. The fourth-order valence-electron chi connectivity index (χ4n) is 2.61. The molecule has 0 spiro atoms. The van der Waals surface area contributed by atoms with Crippen molar-refractivity contribution in [1.82, 2.24) is 0 Å². The second kappa shape index (κ2) is 8.28. The molecule has 2 aromatic carbocycles. The van der Waals surface area contributed by atoms with Crippen LogP contribution >= 0.6 is 0 Å². The van der Waals surface area contributed by atoms with Gasteiger partial charge in [-0.1, -0.05) is 69.3 Å². The van der Waals surface area contributed by atoms with Crippen LogP contribution in [-0.4, -0.2) is 13.4 Å². The Bertz CT molecular complexity index is 843. The fraction of sp³-hybridized carbons (Fsp3) is 0.333. The molecule has 0 aliphatic rings. The third kappa shape index (κ3) is 5.21. The summed E-state index contributed by atoms with van der Waals surface area (Å²) < 4.78 is 6.04. The van der Waals surface area contributed by atoms with Gasteiger partial charge in [0.05, 0.1) is 6.26 Å². The van der Waals surface area contributed by atoms with Crippen LogP contribution in [0.4, 0.5) is 0 Å². The number of hydrogen-bond donors (Lipinski definition) is 1. The number of rotatable bonds is 7. The van der Waals surface area contributed by atoms with Gasteiger partial charge in [0.25, 0.3) is 0 Å². The lowest BCUT2D eigenvalue weighted by atomic mass is 9.88. The Morgan fingerprint density at radius 2 is 1.70 bits per heavy atom. The summed E-state index contributed by atoms with van der Waals surface area (Å²) in [6.45, 7) is 14.9. The number of hydrogen-bond acceptors (Lipinski definition) is 2. The molecule has 1 atom stereocenters. The van der Waals surface area contributed by atoms with Crippen LogP contribution in [0.1, 0.15) is 32.8 Å². The summed E-state index contributed by atoms with van der Waals surface area (Å²) in [5.74, 6) is 0. The van der Waals surface area contributed by atoms with Gasteiger partial charge in [0.15, 0.2) is 0 Å². The van der Waals surface area contributed by atoms with Crippen LogP contribution in [0.3, 0.4) is 0 Å². The molecule has 0 aliphatic heterocycles. The molecule has 0 saturated carbocycles. The highest BCUT2D eigenvalue weighted by atomic mass is 28.4. The smallest absolute Gasteiger partial charge is 0.249 e. The van der Waals surface area contributed by atoms with Crippen LogP contribution in [-0.2, 0) is 10.0 Å². The molecule has 1 N–H and O–H groups in total. The highest BCUT2D eigenvalue weighted by Gasteiger charge is 2.37. The van der Waals surface area contributed by atoms with Gasteiger partial charge in [-0.25, -0.2) is 0 Å². The van der Waals surface area contributed by atoms with Crippen LogP contribution in [0.15, 0.2) is 79.6 Å². The number of fused-ring (bicyclic) bond motifs is 1. The molecular formula is C24H32O2Si. The highest BCUT2D eigenvalue weighted by molar-refractivity contribution is 6.74. The van der Waals surface area contributed by atoms with Gasteiger partial charge in [-0.15, -0.1) is 6.58 Å². The second-order valence-electron chi connectivity index (χ2n) is 8.54. The van der Waals surface area contributed by atoms with Gasteiger partial charge in [0.2, 0.25) is 8.32 Å². The maximum Gasteiger partial charge on any atom is 0.249 e. The van der Waals surface area contributed by atoms with Gasteiger partial charge in [-0.3, -0.25) is 0 Å². The van der Waals surface area contributed by atoms with E-state index in [1.54, 1.807) is 12.3 Å². The van der Waals surface area contributed by atoms with E-state index in [1.807, 2.05) is 48.6 Å². The Hall–Kier alpha value is -2.10. The minimum absolute atomic E-state index is 0.162. The van der Waals surface area contributed by atoms with Gasteiger partial charge in [0.1, 0.15) is 5.60 Å². The maximum atomic E-state index is 11.2. The molecule has 0 aliphatic carbocycles. The topological polar surface area (TPSA) is 29.5 Å². The molecule has 3 heteroatoms. The number of aliphatic hydroxyl groups is 1. The van der Waals surface area contributed by atoms with E-state index in [2.05, 4.69) is 52.6 Å². The van der Waals surface area contributed by atoms with Gasteiger partial charge in [0, 0.05) is 6.42 Å². The first kappa shape index (κ1) is 21.2.